The summed E-state index contributed by atoms with van der Waals surface area (Å²) in [5.74, 6) is 0.758. The van der Waals surface area contributed by atoms with Gasteiger partial charge in [-0.15, -0.1) is 0 Å². The van der Waals surface area contributed by atoms with Crippen LogP contribution in [0.4, 0.5) is 17.3 Å². The van der Waals surface area contributed by atoms with Crippen molar-refractivity contribution in [1.29, 1.82) is 0 Å². The fraction of sp³-hybridized carbons (Fsp3) is 0.348. The van der Waals surface area contributed by atoms with Gasteiger partial charge in [0.1, 0.15) is 22.9 Å². The third kappa shape index (κ3) is 3.91. The predicted octanol–water partition coefficient (Wildman–Crippen LogP) is 3.05. The molecule has 4 heterocycles. The summed E-state index contributed by atoms with van der Waals surface area (Å²) in [4.78, 5) is 30.7. The van der Waals surface area contributed by atoms with E-state index in [1.807, 2.05) is 11.6 Å². The molecule has 0 saturated heterocycles. The monoisotopic (exact) mass is 493 g/mol. The molecule has 35 heavy (non-hydrogen) atoms. The van der Waals surface area contributed by atoms with E-state index in [0.29, 0.717) is 39.6 Å². The van der Waals surface area contributed by atoms with Crippen molar-refractivity contribution in [2.24, 2.45) is 0 Å². The number of nitrogens with zero attached hydrogens (tertiary/aromatic N) is 6. The molecule has 6 rings (SSSR count). The fourth-order valence-electron chi connectivity index (χ4n) is 4.15. The van der Waals surface area contributed by atoms with Gasteiger partial charge in [0, 0.05) is 25.4 Å². The number of anilines is 3. The Hall–Kier alpha value is -3.86. The zero-order chi connectivity index (χ0) is 24.3. The smallest absolute Gasteiger partial charge is 0.279 e. The van der Waals surface area contributed by atoms with Crippen molar-refractivity contribution >= 4 is 40.5 Å². The SMILES string of the molecule is CNc1cc(Nc2cc(Cl)cn(-c3cnn(C4CC4)c3C)c2=O)nc2c(C(=O)NC3CC3)cnn12. The van der Waals surface area contributed by atoms with Crippen LogP contribution in [0.2, 0.25) is 5.02 Å². The van der Waals surface area contributed by atoms with E-state index >= 15 is 0 Å². The summed E-state index contributed by atoms with van der Waals surface area (Å²) < 4.78 is 5.01. The van der Waals surface area contributed by atoms with Crippen molar-refractivity contribution in [3.8, 4) is 5.69 Å². The molecule has 4 aromatic heterocycles. The van der Waals surface area contributed by atoms with Gasteiger partial charge in [-0.25, -0.2) is 4.98 Å². The molecule has 180 valence electrons. The molecule has 0 aromatic carbocycles. The molecule has 3 N–H and O–H groups in total. The van der Waals surface area contributed by atoms with Crippen molar-refractivity contribution in [3.63, 3.8) is 0 Å². The molecule has 0 aliphatic heterocycles. The van der Waals surface area contributed by atoms with Gasteiger partial charge < -0.3 is 16.0 Å². The minimum absolute atomic E-state index is 0.209. The van der Waals surface area contributed by atoms with Gasteiger partial charge >= 0.3 is 0 Å². The minimum atomic E-state index is -0.291. The van der Waals surface area contributed by atoms with Gasteiger partial charge in [0.2, 0.25) is 0 Å². The van der Waals surface area contributed by atoms with Gasteiger partial charge in [-0.1, -0.05) is 11.6 Å². The van der Waals surface area contributed by atoms with Crippen molar-refractivity contribution in [1.82, 2.24) is 34.3 Å². The lowest BCUT2D eigenvalue weighted by Gasteiger charge is -2.12. The van der Waals surface area contributed by atoms with Crippen molar-refractivity contribution in [2.75, 3.05) is 17.7 Å². The third-order valence-electron chi connectivity index (χ3n) is 6.30. The van der Waals surface area contributed by atoms with Crippen LogP contribution in [0.3, 0.4) is 0 Å². The molecule has 0 radical (unpaired) electrons. The predicted molar refractivity (Wildman–Crippen MR) is 132 cm³/mol. The molecular formula is C23H24ClN9O2. The first-order valence-corrected chi connectivity index (χ1v) is 11.9. The summed E-state index contributed by atoms with van der Waals surface area (Å²) in [5.41, 5.74) is 2.29. The Balaban J connectivity index is 1.39. The summed E-state index contributed by atoms with van der Waals surface area (Å²) >= 11 is 6.40. The second-order valence-corrected chi connectivity index (χ2v) is 9.42. The maximum atomic E-state index is 13.4. The summed E-state index contributed by atoms with van der Waals surface area (Å²) in [5, 5.41) is 18.3. The van der Waals surface area contributed by atoms with E-state index in [0.717, 1.165) is 31.4 Å². The number of amides is 1. The normalized spacial score (nSPS) is 15.4. The number of carbonyl (C=O) groups is 1. The van der Waals surface area contributed by atoms with Crippen LogP contribution in [0.25, 0.3) is 11.3 Å². The third-order valence-corrected chi connectivity index (χ3v) is 6.51. The van der Waals surface area contributed by atoms with Crippen LogP contribution in [0, 0.1) is 6.92 Å². The van der Waals surface area contributed by atoms with Gasteiger partial charge in [0.05, 0.1) is 34.8 Å². The highest BCUT2D eigenvalue weighted by atomic mass is 35.5. The molecule has 12 heteroatoms. The Morgan fingerprint density at radius 3 is 2.66 bits per heavy atom. The molecule has 0 unspecified atom stereocenters. The van der Waals surface area contributed by atoms with Crippen LogP contribution in [-0.4, -0.2) is 47.9 Å². The number of pyridine rings is 1. The lowest BCUT2D eigenvalue weighted by molar-refractivity contribution is 0.0952. The number of carbonyl (C=O) groups excluding carboxylic acids is 1. The Labute approximate surface area is 205 Å². The molecule has 2 aliphatic rings. The number of aromatic nitrogens is 6. The number of halogens is 1. The van der Waals surface area contributed by atoms with Crippen LogP contribution < -0.4 is 21.5 Å². The van der Waals surface area contributed by atoms with Gasteiger partial charge in [-0.3, -0.25) is 18.8 Å². The second-order valence-electron chi connectivity index (χ2n) is 8.98. The van der Waals surface area contributed by atoms with Gasteiger partial charge in [-0.05, 0) is 38.7 Å². The van der Waals surface area contributed by atoms with Gasteiger partial charge in [0.15, 0.2) is 5.65 Å². The minimum Gasteiger partial charge on any atom is -0.373 e. The highest BCUT2D eigenvalue weighted by Gasteiger charge is 2.28. The zero-order valence-electron chi connectivity index (χ0n) is 19.2. The van der Waals surface area contributed by atoms with Crippen LogP contribution in [0.1, 0.15) is 47.8 Å². The maximum absolute atomic E-state index is 13.4. The van der Waals surface area contributed by atoms with Gasteiger partial charge in [-0.2, -0.15) is 14.7 Å². The Kier molecular flexibility index (Phi) is 5.03. The first-order valence-electron chi connectivity index (χ1n) is 11.5. The van der Waals surface area contributed by atoms with E-state index in [1.54, 1.807) is 36.1 Å². The summed E-state index contributed by atoms with van der Waals surface area (Å²) in [6, 6.07) is 3.88. The van der Waals surface area contributed by atoms with E-state index in [4.69, 9.17) is 11.6 Å². The molecule has 2 aliphatic carbocycles. The topological polar surface area (TPSA) is 123 Å². The van der Waals surface area contributed by atoms with E-state index in [9.17, 15) is 9.59 Å². The number of hydrogen-bond acceptors (Lipinski definition) is 7. The van der Waals surface area contributed by atoms with E-state index in [1.165, 1.54) is 10.8 Å². The second kappa shape index (κ2) is 8.12. The molecular weight excluding hydrogens is 470 g/mol. The molecule has 0 spiro atoms. The summed E-state index contributed by atoms with van der Waals surface area (Å²) in [7, 11) is 1.75. The molecule has 4 aromatic rings. The Morgan fingerprint density at radius 2 is 1.94 bits per heavy atom. The number of fused-ring (bicyclic) bond motifs is 1. The van der Waals surface area contributed by atoms with Crippen molar-refractivity contribution < 1.29 is 4.79 Å². The van der Waals surface area contributed by atoms with Crippen molar-refractivity contribution in [2.45, 2.75) is 44.7 Å². The highest BCUT2D eigenvalue weighted by molar-refractivity contribution is 6.30. The average molecular weight is 494 g/mol. The van der Waals surface area contributed by atoms with E-state index in [2.05, 4.69) is 31.1 Å². The molecule has 11 nitrogen and oxygen atoms in total. The van der Waals surface area contributed by atoms with E-state index < -0.39 is 0 Å². The zero-order valence-corrected chi connectivity index (χ0v) is 20.0. The molecule has 2 fully saturated rings. The molecule has 0 atom stereocenters. The van der Waals surface area contributed by atoms with Crippen LogP contribution in [0.15, 0.2) is 35.5 Å². The lowest BCUT2D eigenvalue weighted by Crippen LogP contribution is -2.25. The van der Waals surface area contributed by atoms with E-state index in [-0.39, 0.29) is 23.2 Å². The number of nitrogens with one attached hydrogen (secondary N) is 3. The quantitative estimate of drug-likeness (QED) is 0.361. The lowest BCUT2D eigenvalue weighted by atomic mass is 10.3. The fourth-order valence-corrected chi connectivity index (χ4v) is 4.36. The summed E-state index contributed by atoms with van der Waals surface area (Å²) in [6.07, 6.45) is 8.92. The van der Waals surface area contributed by atoms with Crippen LogP contribution in [-0.2, 0) is 0 Å². The van der Waals surface area contributed by atoms with Crippen LogP contribution in [0.5, 0.6) is 0 Å². The first-order chi connectivity index (χ1) is 16.9. The number of rotatable bonds is 7. The Morgan fingerprint density at radius 1 is 1.14 bits per heavy atom. The van der Waals surface area contributed by atoms with Crippen LogP contribution >= 0.6 is 11.6 Å². The highest BCUT2D eigenvalue weighted by Crippen LogP contribution is 2.36. The largest absolute Gasteiger partial charge is 0.373 e. The average Bonchev–Trinajstić information content (AvgIpc) is 3.76. The molecule has 1 amide bonds. The number of hydrogen-bond donors (Lipinski definition) is 3. The summed E-state index contributed by atoms with van der Waals surface area (Å²) in [6.45, 7) is 1.95. The molecule has 2 saturated carbocycles. The first kappa shape index (κ1) is 21.7. The van der Waals surface area contributed by atoms with Gasteiger partial charge in [0.25, 0.3) is 11.5 Å². The Bertz CT molecular complexity index is 1530. The van der Waals surface area contributed by atoms with Crippen molar-refractivity contribution in [3.05, 3.63) is 57.4 Å². The maximum Gasteiger partial charge on any atom is 0.279 e. The molecule has 0 bridgehead atoms. The standard InChI is InChI=1S/C23H24ClN9O2/c1-12-18(10-27-32(12)15-5-6-15)31-11-13(24)7-17(23(31)35)29-19-8-20(25-2)33-21(30-19)16(9-26-33)22(34)28-14-3-4-14/h7-11,14-15,25H,3-6H2,1-2H3,(H,28,34)(H,29,30).